The third-order valence-electron chi connectivity index (χ3n) is 4.62. The summed E-state index contributed by atoms with van der Waals surface area (Å²) in [6, 6.07) is 2.64. The van der Waals surface area contributed by atoms with Gasteiger partial charge in [-0.1, -0.05) is 31.4 Å². The van der Waals surface area contributed by atoms with E-state index in [0.29, 0.717) is 11.8 Å². The molecule has 17 heavy (non-hydrogen) atoms. The Hall–Kier alpha value is -0.770. The summed E-state index contributed by atoms with van der Waals surface area (Å²) in [4.78, 5) is 0. The first-order chi connectivity index (χ1) is 8.00. The van der Waals surface area contributed by atoms with E-state index in [4.69, 9.17) is 0 Å². The number of allylic oxidation sites excluding steroid dienone is 2. The van der Waals surface area contributed by atoms with Crippen molar-refractivity contribution in [3.63, 3.8) is 0 Å². The molecule has 0 saturated heterocycles. The number of nitrogens with zero attached hydrogens (tertiary/aromatic N) is 1. The Morgan fingerprint density at radius 2 is 2.00 bits per heavy atom. The van der Waals surface area contributed by atoms with Crippen LogP contribution in [0.5, 0.6) is 0 Å². The fourth-order valence-electron chi connectivity index (χ4n) is 3.05. The van der Waals surface area contributed by atoms with Crippen molar-refractivity contribution in [3.05, 3.63) is 11.6 Å². The smallest absolute Gasteiger partial charge is 0.0692 e. The van der Waals surface area contributed by atoms with E-state index in [9.17, 15) is 5.26 Å². The highest BCUT2D eigenvalue weighted by Gasteiger charge is 2.40. The highest BCUT2D eigenvalue weighted by molar-refractivity contribution is 5.05. The summed E-state index contributed by atoms with van der Waals surface area (Å²) >= 11 is 0. The number of hydrogen-bond acceptors (Lipinski definition) is 1. The van der Waals surface area contributed by atoms with Crippen molar-refractivity contribution in [2.45, 2.75) is 66.2 Å². The lowest BCUT2D eigenvalue weighted by molar-refractivity contribution is 0.169. The van der Waals surface area contributed by atoms with Crippen LogP contribution in [-0.2, 0) is 0 Å². The Morgan fingerprint density at radius 1 is 1.41 bits per heavy atom. The van der Waals surface area contributed by atoms with E-state index in [1.54, 1.807) is 0 Å². The zero-order chi connectivity index (χ0) is 12.9. The zero-order valence-electron chi connectivity index (χ0n) is 11.9. The molecule has 0 aromatic carbocycles. The average Bonchev–Trinajstić information content (AvgIpc) is 2.81. The molecule has 1 heteroatoms. The molecule has 0 aromatic heterocycles. The highest BCUT2D eigenvalue weighted by atomic mass is 14.5. The summed E-state index contributed by atoms with van der Waals surface area (Å²) < 4.78 is 0. The zero-order valence-corrected chi connectivity index (χ0v) is 11.9. The molecule has 1 saturated carbocycles. The van der Waals surface area contributed by atoms with Gasteiger partial charge in [0, 0.05) is 0 Å². The summed E-state index contributed by atoms with van der Waals surface area (Å²) in [5.41, 5.74) is 1.28. The van der Waals surface area contributed by atoms with Crippen LogP contribution in [0.1, 0.15) is 66.2 Å². The largest absolute Gasteiger partial charge is 0.198 e. The number of hydrogen-bond donors (Lipinski definition) is 0. The van der Waals surface area contributed by atoms with Crippen molar-refractivity contribution in [1.29, 1.82) is 5.26 Å². The predicted octanol–water partition coefficient (Wildman–Crippen LogP) is 5.09. The third kappa shape index (κ3) is 3.60. The van der Waals surface area contributed by atoms with E-state index in [1.165, 1.54) is 31.3 Å². The van der Waals surface area contributed by atoms with Crippen molar-refractivity contribution in [2.24, 2.45) is 17.3 Å². The SMILES string of the molecule is CC(C)=CCCC(C)C(C)(C#N)C1CCCC1. The maximum atomic E-state index is 9.56. The molecule has 1 rings (SSSR count). The van der Waals surface area contributed by atoms with Crippen LogP contribution >= 0.6 is 0 Å². The normalized spacial score (nSPS) is 21.6. The van der Waals surface area contributed by atoms with Crippen molar-refractivity contribution >= 4 is 0 Å². The monoisotopic (exact) mass is 233 g/mol. The molecule has 1 aliphatic carbocycles. The maximum Gasteiger partial charge on any atom is 0.0692 e. The lowest BCUT2D eigenvalue weighted by Crippen LogP contribution is -2.31. The van der Waals surface area contributed by atoms with Crippen LogP contribution in [0.4, 0.5) is 0 Å². The molecule has 96 valence electrons. The fraction of sp³-hybridized carbons (Fsp3) is 0.812. The lowest BCUT2D eigenvalue weighted by Gasteiger charge is -2.34. The molecule has 0 bridgehead atoms. The van der Waals surface area contributed by atoms with Crippen LogP contribution < -0.4 is 0 Å². The van der Waals surface area contributed by atoms with Gasteiger partial charge in [-0.3, -0.25) is 0 Å². The second kappa shape index (κ2) is 6.24. The van der Waals surface area contributed by atoms with Crippen LogP contribution in [0.3, 0.4) is 0 Å². The van der Waals surface area contributed by atoms with Crippen LogP contribution in [0.2, 0.25) is 0 Å². The Kier molecular flexibility index (Phi) is 5.25. The quantitative estimate of drug-likeness (QED) is 0.607. The van der Waals surface area contributed by atoms with Gasteiger partial charge in [-0.2, -0.15) is 5.26 Å². The first-order valence-corrected chi connectivity index (χ1v) is 7.05. The standard InChI is InChI=1S/C16H27N/c1-13(2)8-7-9-14(3)16(4,12-17)15-10-5-6-11-15/h8,14-15H,5-7,9-11H2,1-4H3. The van der Waals surface area contributed by atoms with E-state index < -0.39 is 0 Å². The minimum Gasteiger partial charge on any atom is -0.198 e. The molecule has 0 spiro atoms. The van der Waals surface area contributed by atoms with Crippen LogP contribution in [0, 0.1) is 28.6 Å². The minimum atomic E-state index is -0.105. The molecule has 0 aliphatic heterocycles. The lowest BCUT2D eigenvalue weighted by atomic mass is 9.67. The van der Waals surface area contributed by atoms with Gasteiger partial charge in [-0.15, -0.1) is 0 Å². The Morgan fingerprint density at radius 3 is 2.47 bits per heavy atom. The molecule has 1 aliphatic rings. The summed E-state index contributed by atoms with van der Waals surface area (Å²) in [7, 11) is 0. The Balaban J connectivity index is 2.59. The van der Waals surface area contributed by atoms with E-state index in [0.717, 1.165) is 12.8 Å². The molecule has 0 amide bonds. The van der Waals surface area contributed by atoms with E-state index in [-0.39, 0.29) is 5.41 Å². The molecule has 2 atom stereocenters. The van der Waals surface area contributed by atoms with Gasteiger partial charge in [0.15, 0.2) is 0 Å². The van der Waals surface area contributed by atoms with Crippen molar-refractivity contribution in [1.82, 2.24) is 0 Å². The van der Waals surface area contributed by atoms with Gasteiger partial charge in [0.25, 0.3) is 0 Å². The number of rotatable bonds is 5. The molecule has 0 N–H and O–H groups in total. The van der Waals surface area contributed by atoms with Crippen LogP contribution in [0.15, 0.2) is 11.6 Å². The van der Waals surface area contributed by atoms with Gasteiger partial charge in [0.1, 0.15) is 0 Å². The molecule has 0 heterocycles. The molecule has 2 unspecified atom stereocenters. The maximum absolute atomic E-state index is 9.56. The van der Waals surface area contributed by atoms with Crippen molar-refractivity contribution in [3.8, 4) is 6.07 Å². The molecule has 1 fully saturated rings. The van der Waals surface area contributed by atoms with Crippen LogP contribution in [-0.4, -0.2) is 0 Å². The molecule has 0 aromatic rings. The van der Waals surface area contributed by atoms with Crippen molar-refractivity contribution in [2.75, 3.05) is 0 Å². The minimum absolute atomic E-state index is 0.105. The van der Waals surface area contributed by atoms with Gasteiger partial charge in [0.05, 0.1) is 11.5 Å². The van der Waals surface area contributed by atoms with E-state index in [2.05, 4.69) is 39.8 Å². The second-order valence-corrected chi connectivity index (χ2v) is 6.14. The summed E-state index contributed by atoms with van der Waals surface area (Å²) in [6.45, 7) is 8.74. The van der Waals surface area contributed by atoms with Crippen molar-refractivity contribution < 1.29 is 0 Å². The summed E-state index contributed by atoms with van der Waals surface area (Å²) in [6.07, 6.45) is 9.72. The molecule has 0 radical (unpaired) electrons. The summed E-state index contributed by atoms with van der Waals surface area (Å²) in [5, 5.41) is 9.56. The topological polar surface area (TPSA) is 23.8 Å². The molecular formula is C16H27N. The molecular weight excluding hydrogens is 206 g/mol. The highest BCUT2D eigenvalue weighted by Crippen LogP contribution is 2.45. The first kappa shape index (κ1) is 14.3. The second-order valence-electron chi connectivity index (χ2n) is 6.14. The Bertz CT molecular complexity index is 300. The van der Waals surface area contributed by atoms with E-state index in [1.807, 2.05) is 0 Å². The molecule has 1 nitrogen and oxygen atoms in total. The predicted molar refractivity (Wildman–Crippen MR) is 73.5 cm³/mol. The van der Waals surface area contributed by atoms with Gasteiger partial charge in [0.2, 0.25) is 0 Å². The van der Waals surface area contributed by atoms with Gasteiger partial charge in [-0.05, 0) is 58.3 Å². The third-order valence-corrected chi connectivity index (χ3v) is 4.62. The fourth-order valence-corrected chi connectivity index (χ4v) is 3.05. The van der Waals surface area contributed by atoms with Gasteiger partial charge >= 0.3 is 0 Å². The van der Waals surface area contributed by atoms with Crippen LogP contribution in [0.25, 0.3) is 0 Å². The summed E-state index contributed by atoms with van der Waals surface area (Å²) in [5.74, 6) is 1.14. The first-order valence-electron chi connectivity index (χ1n) is 7.05. The average molecular weight is 233 g/mol. The van der Waals surface area contributed by atoms with E-state index >= 15 is 0 Å². The number of nitriles is 1. The van der Waals surface area contributed by atoms with Gasteiger partial charge in [-0.25, -0.2) is 0 Å². The Labute approximate surface area is 107 Å². The van der Waals surface area contributed by atoms with Gasteiger partial charge < -0.3 is 0 Å².